The molecule has 2 N–H and O–H groups in total. The van der Waals surface area contributed by atoms with E-state index in [1.807, 2.05) is 23.6 Å². The molecule has 0 atom stereocenters. The molecule has 1 saturated heterocycles. The number of aryl methyl sites for hydroxylation is 1. The first-order valence-corrected chi connectivity index (χ1v) is 10.2. The number of aromatic nitrogens is 4. The number of carbonyl (C=O) groups excluding carboxylic acids is 2. The van der Waals surface area contributed by atoms with Gasteiger partial charge < -0.3 is 19.5 Å². The van der Waals surface area contributed by atoms with Crippen molar-refractivity contribution >= 4 is 11.8 Å². The van der Waals surface area contributed by atoms with Crippen LogP contribution in [-0.4, -0.2) is 75.1 Å². The Balaban J connectivity index is 1.58. The van der Waals surface area contributed by atoms with Gasteiger partial charge in [0.2, 0.25) is 5.91 Å². The average Bonchev–Trinajstić information content (AvgIpc) is 3.35. The maximum atomic E-state index is 13.1. The third-order valence-corrected chi connectivity index (χ3v) is 6.37. The number of ether oxygens (including phenoxy) is 1. The van der Waals surface area contributed by atoms with E-state index >= 15 is 0 Å². The Bertz CT molecular complexity index is 909. The molecule has 0 aromatic carbocycles. The molecule has 0 unspecified atom stereocenters. The van der Waals surface area contributed by atoms with E-state index in [2.05, 4.69) is 20.2 Å². The van der Waals surface area contributed by atoms with Gasteiger partial charge in [0.05, 0.1) is 17.6 Å². The van der Waals surface area contributed by atoms with E-state index in [4.69, 9.17) is 4.74 Å². The van der Waals surface area contributed by atoms with Crippen LogP contribution in [0.15, 0.2) is 6.33 Å². The summed E-state index contributed by atoms with van der Waals surface area (Å²) in [6.07, 6.45) is 4.56. The quantitative estimate of drug-likeness (QED) is 0.801. The largest absolute Gasteiger partial charge is 0.375 e. The van der Waals surface area contributed by atoms with Gasteiger partial charge in [-0.15, -0.1) is 0 Å². The lowest BCUT2D eigenvalue weighted by Crippen LogP contribution is -2.59. The number of amides is 2. The van der Waals surface area contributed by atoms with Gasteiger partial charge >= 0.3 is 0 Å². The second kappa shape index (κ2) is 7.62. The maximum absolute atomic E-state index is 13.1. The minimum atomic E-state index is -0.491. The Labute approximate surface area is 169 Å². The summed E-state index contributed by atoms with van der Waals surface area (Å²) in [6, 6.07) is 0. The number of hydrogen-bond donors (Lipinski definition) is 2. The zero-order valence-electron chi connectivity index (χ0n) is 17.2. The summed E-state index contributed by atoms with van der Waals surface area (Å²) < 4.78 is 5.11. The Morgan fingerprint density at radius 3 is 2.69 bits per heavy atom. The van der Waals surface area contributed by atoms with E-state index in [0.29, 0.717) is 38.2 Å². The number of nitrogens with one attached hydrogen (secondary N) is 2. The smallest absolute Gasteiger partial charge is 0.274 e. The zero-order chi connectivity index (χ0) is 20.6. The number of likely N-dealkylation sites (tertiary alicyclic amines) is 1. The Hall–Kier alpha value is -2.68. The minimum Gasteiger partial charge on any atom is -0.375 e. The number of hydrogen-bond acceptors (Lipinski definition) is 5. The molecule has 0 bridgehead atoms. The van der Waals surface area contributed by atoms with Gasteiger partial charge in [0.15, 0.2) is 5.69 Å². The summed E-state index contributed by atoms with van der Waals surface area (Å²) >= 11 is 0. The predicted molar refractivity (Wildman–Crippen MR) is 105 cm³/mol. The first-order valence-electron chi connectivity index (χ1n) is 10.2. The van der Waals surface area contributed by atoms with Crippen LogP contribution >= 0.6 is 0 Å². The Morgan fingerprint density at radius 2 is 2.03 bits per heavy atom. The number of methoxy groups -OCH3 is 1. The fourth-order valence-corrected chi connectivity index (χ4v) is 4.77. The molecule has 2 amide bonds. The molecule has 0 radical (unpaired) electrons. The van der Waals surface area contributed by atoms with E-state index in [-0.39, 0.29) is 18.4 Å². The van der Waals surface area contributed by atoms with Crippen molar-refractivity contribution in [2.24, 2.45) is 0 Å². The summed E-state index contributed by atoms with van der Waals surface area (Å²) in [7, 11) is 1.53. The number of fused-ring (bicyclic) bond motifs is 2. The topological polar surface area (TPSA) is 107 Å². The van der Waals surface area contributed by atoms with E-state index in [0.717, 1.165) is 35.5 Å². The van der Waals surface area contributed by atoms with Gasteiger partial charge in [-0.1, -0.05) is 6.92 Å². The zero-order valence-corrected chi connectivity index (χ0v) is 17.2. The van der Waals surface area contributed by atoms with Crippen molar-refractivity contribution in [3.8, 4) is 0 Å². The van der Waals surface area contributed by atoms with Gasteiger partial charge in [-0.2, -0.15) is 5.10 Å². The summed E-state index contributed by atoms with van der Waals surface area (Å²) in [6.45, 7) is 5.75. The van der Waals surface area contributed by atoms with Crippen molar-refractivity contribution in [2.75, 3.05) is 33.4 Å². The summed E-state index contributed by atoms with van der Waals surface area (Å²) in [4.78, 5) is 37.4. The molecule has 4 heterocycles. The van der Waals surface area contributed by atoms with Crippen molar-refractivity contribution < 1.29 is 14.3 Å². The molecular weight excluding hydrogens is 372 g/mol. The molecule has 0 saturated carbocycles. The second-order valence-corrected chi connectivity index (χ2v) is 7.81. The van der Waals surface area contributed by atoms with E-state index in [9.17, 15) is 9.59 Å². The highest BCUT2D eigenvalue weighted by Crippen LogP contribution is 2.42. The lowest BCUT2D eigenvalue weighted by Gasteiger charge is -2.50. The molecular formula is C20H28N6O3. The van der Waals surface area contributed by atoms with E-state index in [1.54, 1.807) is 6.33 Å². The van der Waals surface area contributed by atoms with Crippen LogP contribution in [0.3, 0.4) is 0 Å². The monoisotopic (exact) mass is 400 g/mol. The van der Waals surface area contributed by atoms with Crippen LogP contribution in [0.25, 0.3) is 0 Å². The molecule has 29 heavy (non-hydrogen) atoms. The van der Waals surface area contributed by atoms with Gasteiger partial charge in [0.25, 0.3) is 5.91 Å². The molecule has 2 aliphatic rings. The highest BCUT2D eigenvalue weighted by molar-refractivity contribution is 5.94. The van der Waals surface area contributed by atoms with Crippen LogP contribution < -0.4 is 0 Å². The van der Waals surface area contributed by atoms with Gasteiger partial charge in [-0.3, -0.25) is 14.7 Å². The van der Waals surface area contributed by atoms with Crippen LogP contribution in [0, 0.1) is 6.92 Å². The molecule has 9 heteroatoms. The highest BCUT2D eigenvalue weighted by atomic mass is 16.5. The minimum absolute atomic E-state index is 0.0309. The number of carbonyl (C=O) groups is 2. The van der Waals surface area contributed by atoms with Crippen molar-refractivity contribution in [2.45, 2.75) is 45.1 Å². The van der Waals surface area contributed by atoms with Crippen molar-refractivity contribution in [1.82, 2.24) is 30.0 Å². The lowest BCUT2D eigenvalue weighted by atomic mass is 9.78. The van der Waals surface area contributed by atoms with Gasteiger partial charge in [0, 0.05) is 50.1 Å². The third kappa shape index (κ3) is 3.13. The van der Waals surface area contributed by atoms with Crippen molar-refractivity contribution in [1.29, 1.82) is 0 Å². The van der Waals surface area contributed by atoms with Crippen LogP contribution in [0.4, 0.5) is 0 Å². The summed E-state index contributed by atoms with van der Waals surface area (Å²) in [5.41, 5.74) is 3.93. The predicted octanol–water partition coefficient (Wildman–Crippen LogP) is 1.17. The van der Waals surface area contributed by atoms with Crippen LogP contribution in [0.5, 0.6) is 0 Å². The molecule has 2 aliphatic heterocycles. The van der Waals surface area contributed by atoms with E-state index < -0.39 is 5.54 Å². The molecule has 156 valence electrons. The fourth-order valence-electron chi connectivity index (χ4n) is 4.77. The highest BCUT2D eigenvalue weighted by Gasteiger charge is 2.49. The number of imidazole rings is 1. The lowest BCUT2D eigenvalue weighted by molar-refractivity contribution is -0.145. The summed E-state index contributed by atoms with van der Waals surface area (Å²) in [5, 5.41) is 7.21. The molecule has 9 nitrogen and oxygen atoms in total. The summed E-state index contributed by atoms with van der Waals surface area (Å²) in [5.74, 6) is -0.0854. The number of rotatable bonds is 4. The molecule has 2 aromatic rings. The van der Waals surface area contributed by atoms with Crippen LogP contribution in [0.2, 0.25) is 0 Å². The number of piperidine rings is 1. The van der Waals surface area contributed by atoms with Gasteiger partial charge in [-0.25, -0.2) is 4.98 Å². The second-order valence-electron chi connectivity index (χ2n) is 7.81. The Morgan fingerprint density at radius 1 is 1.28 bits per heavy atom. The molecule has 4 rings (SSSR count). The first kappa shape index (κ1) is 19.6. The third-order valence-electron chi connectivity index (χ3n) is 6.37. The number of nitrogens with zero attached hydrogens (tertiary/aromatic N) is 4. The fraction of sp³-hybridized carbons (Fsp3) is 0.600. The number of aromatic amines is 2. The van der Waals surface area contributed by atoms with Crippen molar-refractivity contribution in [3.05, 3.63) is 34.7 Å². The molecule has 2 aromatic heterocycles. The molecule has 0 aliphatic carbocycles. The van der Waals surface area contributed by atoms with Crippen molar-refractivity contribution in [3.63, 3.8) is 0 Å². The van der Waals surface area contributed by atoms with Crippen LogP contribution in [-0.2, 0) is 27.9 Å². The van der Waals surface area contributed by atoms with Gasteiger partial charge in [-0.05, 0) is 26.2 Å². The van der Waals surface area contributed by atoms with Crippen LogP contribution in [0.1, 0.15) is 52.9 Å². The SMILES string of the molecule is CCc1[nH]nc(C(=O)N2CCC3(CC2)c2nc[nH]c2CCN3C(=O)COC)c1C. The average molecular weight is 400 g/mol. The molecule has 1 fully saturated rings. The first-order chi connectivity index (χ1) is 14.0. The normalized spacial score (nSPS) is 18.2. The maximum Gasteiger partial charge on any atom is 0.274 e. The Kier molecular flexibility index (Phi) is 5.16. The van der Waals surface area contributed by atoms with E-state index in [1.165, 1.54) is 7.11 Å². The standard InChI is InChI=1S/C20H28N6O3/c1-4-14-13(2)17(24-23-14)19(28)25-9-6-20(7-10-25)18-15(21-12-22-18)5-8-26(20)16(27)11-29-3/h12H,4-11H2,1-3H3,(H,21,22)(H,23,24). The van der Waals surface area contributed by atoms with Gasteiger partial charge in [0.1, 0.15) is 6.61 Å². The molecule has 1 spiro atoms. The number of H-pyrrole nitrogens is 2.